The van der Waals surface area contributed by atoms with Crippen molar-refractivity contribution in [3.63, 3.8) is 0 Å². The van der Waals surface area contributed by atoms with Gasteiger partial charge in [-0.05, 0) is 49.2 Å². The summed E-state index contributed by atoms with van der Waals surface area (Å²) in [5, 5.41) is 0.248. The van der Waals surface area contributed by atoms with Crippen LogP contribution in [0.25, 0.3) is 0 Å². The number of nitrogen functional groups attached to an aromatic ring is 1. The van der Waals surface area contributed by atoms with Crippen LogP contribution in [0, 0.1) is 13.8 Å². The Labute approximate surface area is 122 Å². The largest absolute Gasteiger partial charge is 0.455 e. The molecule has 2 aromatic rings. The average molecular weight is 291 g/mol. The summed E-state index contributed by atoms with van der Waals surface area (Å²) in [6.45, 7) is 3.92. The van der Waals surface area contributed by atoms with Gasteiger partial charge in [-0.25, -0.2) is 0 Å². The number of halogens is 1. The molecule has 0 aliphatic heterocycles. The summed E-state index contributed by atoms with van der Waals surface area (Å²) >= 11 is 6.10. The van der Waals surface area contributed by atoms with E-state index in [4.69, 9.17) is 27.8 Å². The van der Waals surface area contributed by atoms with Crippen LogP contribution < -0.4 is 16.2 Å². The Morgan fingerprint density at radius 2 is 1.70 bits per heavy atom. The Morgan fingerprint density at radius 3 is 2.25 bits per heavy atom. The van der Waals surface area contributed by atoms with Crippen molar-refractivity contribution in [3.8, 4) is 11.5 Å². The molecule has 4 N–H and O–H groups in total. The highest BCUT2D eigenvalue weighted by molar-refractivity contribution is 6.33. The van der Waals surface area contributed by atoms with Gasteiger partial charge in [0.25, 0.3) is 5.91 Å². The normalized spacial score (nSPS) is 10.3. The lowest BCUT2D eigenvalue weighted by Gasteiger charge is -2.13. The average Bonchev–Trinajstić information content (AvgIpc) is 2.30. The lowest BCUT2D eigenvalue weighted by Crippen LogP contribution is -2.13. The lowest BCUT2D eigenvalue weighted by molar-refractivity contribution is 0.0998. The van der Waals surface area contributed by atoms with E-state index in [0.29, 0.717) is 11.4 Å². The second kappa shape index (κ2) is 5.43. The smallest absolute Gasteiger partial charge is 0.252 e. The summed E-state index contributed by atoms with van der Waals surface area (Å²) in [4.78, 5) is 11.5. The minimum atomic E-state index is -0.640. The van der Waals surface area contributed by atoms with E-state index >= 15 is 0 Å². The molecule has 2 rings (SSSR count). The maximum Gasteiger partial charge on any atom is 0.252 e. The molecule has 0 bridgehead atoms. The third-order valence-electron chi connectivity index (χ3n) is 2.75. The number of anilines is 1. The van der Waals surface area contributed by atoms with Crippen LogP contribution in [0.4, 0.5) is 5.69 Å². The number of benzene rings is 2. The van der Waals surface area contributed by atoms with Crippen LogP contribution in [0.3, 0.4) is 0 Å². The summed E-state index contributed by atoms with van der Waals surface area (Å²) in [5.41, 5.74) is 13.6. The van der Waals surface area contributed by atoms with Gasteiger partial charge in [-0.1, -0.05) is 17.7 Å². The van der Waals surface area contributed by atoms with Crippen molar-refractivity contribution in [3.05, 3.63) is 52.0 Å². The van der Waals surface area contributed by atoms with Gasteiger partial charge in [0.1, 0.15) is 5.75 Å². The number of carbonyl (C=O) groups is 1. The molecule has 0 fully saturated rings. The molecule has 2 aromatic carbocycles. The van der Waals surface area contributed by atoms with Crippen LogP contribution in [0.5, 0.6) is 11.5 Å². The topological polar surface area (TPSA) is 78.3 Å². The standard InChI is InChI=1S/C15H15ClN2O2/c1-8-3-9(2)5-11(4-8)20-14-12(15(18)19)6-10(17)7-13(14)16/h3-7H,17H2,1-2H3,(H2,18,19). The molecule has 0 saturated heterocycles. The Bertz CT molecular complexity index is 664. The molecule has 0 aromatic heterocycles. The second-order valence-corrected chi connectivity index (χ2v) is 5.08. The number of carbonyl (C=O) groups excluding carboxylic acids is 1. The SMILES string of the molecule is Cc1cc(C)cc(Oc2c(Cl)cc(N)cc2C(N)=O)c1. The van der Waals surface area contributed by atoms with Crippen molar-refractivity contribution in [1.29, 1.82) is 0 Å². The fourth-order valence-electron chi connectivity index (χ4n) is 2.01. The molecule has 20 heavy (non-hydrogen) atoms. The number of hydrogen-bond donors (Lipinski definition) is 2. The fraction of sp³-hybridized carbons (Fsp3) is 0.133. The second-order valence-electron chi connectivity index (χ2n) is 4.67. The Kier molecular flexibility index (Phi) is 3.86. The highest BCUT2D eigenvalue weighted by Crippen LogP contribution is 2.35. The summed E-state index contributed by atoms with van der Waals surface area (Å²) in [7, 11) is 0. The Morgan fingerprint density at radius 1 is 1.10 bits per heavy atom. The molecular weight excluding hydrogens is 276 g/mol. The number of primary amides is 1. The zero-order valence-corrected chi connectivity index (χ0v) is 12.0. The zero-order chi connectivity index (χ0) is 14.9. The lowest BCUT2D eigenvalue weighted by atomic mass is 10.1. The predicted octanol–water partition coefficient (Wildman–Crippen LogP) is 3.43. The van der Waals surface area contributed by atoms with E-state index in [1.54, 1.807) is 0 Å². The van der Waals surface area contributed by atoms with Gasteiger partial charge >= 0.3 is 0 Å². The third kappa shape index (κ3) is 3.03. The monoisotopic (exact) mass is 290 g/mol. The molecule has 5 heteroatoms. The quantitative estimate of drug-likeness (QED) is 0.850. The molecular formula is C15H15ClN2O2. The molecule has 0 heterocycles. The number of aryl methyl sites for hydroxylation is 2. The van der Waals surface area contributed by atoms with Crippen molar-refractivity contribution in [2.45, 2.75) is 13.8 Å². The molecule has 0 aliphatic rings. The highest BCUT2D eigenvalue weighted by Gasteiger charge is 2.16. The van der Waals surface area contributed by atoms with Crippen molar-refractivity contribution in [1.82, 2.24) is 0 Å². The molecule has 0 unspecified atom stereocenters. The maximum absolute atomic E-state index is 11.5. The van der Waals surface area contributed by atoms with E-state index in [9.17, 15) is 4.79 Å². The van der Waals surface area contributed by atoms with Crippen LogP contribution in [-0.2, 0) is 0 Å². The van der Waals surface area contributed by atoms with Crippen LogP contribution in [-0.4, -0.2) is 5.91 Å². The maximum atomic E-state index is 11.5. The molecule has 0 atom stereocenters. The van der Waals surface area contributed by atoms with Crippen molar-refractivity contribution in [2.75, 3.05) is 5.73 Å². The Balaban J connectivity index is 2.50. The van der Waals surface area contributed by atoms with Gasteiger partial charge in [-0.3, -0.25) is 4.79 Å². The third-order valence-corrected chi connectivity index (χ3v) is 3.03. The highest BCUT2D eigenvalue weighted by atomic mass is 35.5. The molecule has 0 aliphatic carbocycles. The number of hydrogen-bond acceptors (Lipinski definition) is 3. The van der Waals surface area contributed by atoms with Gasteiger partial charge in [0.2, 0.25) is 0 Å². The molecule has 0 saturated carbocycles. The minimum absolute atomic E-state index is 0.161. The van der Waals surface area contributed by atoms with Crippen molar-refractivity contribution in [2.24, 2.45) is 5.73 Å². The van der Waals surface area contributed by atoms with Crippen LogP contribution >= 0.6 is 11.6 Å². The van der Waals surface area contributed by atoms with Crippen molar-refractivity contribution < 1.29 is 9.53 Å². The van der Waals surface area contributed by atoms with E-state index < -0.39 is 5.91 Å². The minimum Gasteiger partial charge on any atom is -0.455 e. The summed E-state index contributed by atoms with van der Waals surface area (Å²) < 4.78 is 5.73. The molecule has 4 nitrogen and oxygen atoms in total. The summed E-state index contributed by atoms with van der Waals surface area (Å²) in [5.74, 6) is 0.175. The number of amides is 1. The van der Waals surface area contributed by atoms with Gasteiger partial charge in [0, 0.05) is 5.69 Å². The van der Waals surface area contributed by atoms with Gasteiger partial charge in [-0.2, -0.15) is 0 Å². The van der Waals surface area contributed by atoms with E-state index in [1.807, 2.05) is 32.0 Å². The van der Waals surface area contributed by atoms with Gasteiger partial charge < -0.3 is 16.2 Å². The van der Waals surface area contributed by atoms with E-state index in [2.05, 4.69) is 0 Å². The molecule has 0 spiro atoms. The first-order chi connectivity index (χ1) is 9.36. The van der Waals surface area contributed by atoms with Gasteiger partial charge in [-0.15, -0.1) is 0 Å². The first-order valence-electron chi connectivity index (χ1n) is 6.02. The Hall–Kier alpha value is -2.20. The van der Waals surface area contributed by atoms with Crippen LogP contribution in [0.1, 0.15) is 21.5 Å². The molecule has 1 amide bonds. The fourth-order valence-corrected chi connectivity index (χ4v) is 2.28. The van der Waals surface area contributed by atoms with E-state index in [-0.39, 0.29) is 16.3 Å². The van der Waals surface area contributed by atoms with E-state index in [1.165, 1.54) is 12.1 Å². The van der Waals surface area contributed by atoms with Crippen LogP contribution in [0.2, 0.25) is 5.02 Å². The first kappa shape index (κ1) is 14.2. The summed E-state index contributed by atoms with van der Waals surface area (Å²) in [6.07, 6.45) is 0. The number of rotatable bonds is 3. The number of ether oxygens (including phenoxy) is 1. The molecule has 0 radical (unpaired) electrons. The first-order valence-corrected chi connectivity index (χ1v) is 6.39. The van der Waals surface area contributed by atoms with Gasteiger partial charge in [0.05, 0.1) is 10.6 Å². The summed E-state index contributed by atoms with van der Waals surface area (Å²) in [6, 6.07) is 8.69. The molecule has 104 valence electrons. The zero-order valence-electron chi connectivity index (χ0n) is 11.2. The van der Waals surface area contributed by atoms with Crippen LogP contribution in [0.15, 0.2) is 30.3 Å². The predicted molar refractivity (Wildman–Crippen MR) is 80.4 cm³/mol. The van der Waals surface area contributed by atoms with E-state index in [0.717, 1.165) is 11.1 Å². The number of nitrogens with two attached hydrogens (primary N) is 2. The van der Waals surface area contributed by atoms with Crippen molar-refractivity contribution >= 4 is 23.2 Å². The van der Waals surface area contributed by atoms with Gasteiger partial charge in [0.15, 0.2) is 5.75 Å².